The van der Waals surface area contributed by atoms with Gasteiger partial charge in [-0.1, -0.05) is 0 Å². The van der Waals surface area contributed by atoms with Gasteiger partial charge in [0.25, 0.3) is 0 Å². The maximum Gasteiger partial charge on any atom is 0.202 e. The monoisotopic (exact) mass is 315 g/mol. The van der Waals surface area contributed by atoms with E-state index in [1.54, 1.807) is 0 Å². The van der Waals surface area contributed by atoms with Crippen LogP contribution in [0.15, 0.2) is 24.3 Å². The molecule has 0 aromatic heterocycles. The average molecular weight is 315 g/mol. The summed E-state index contributed by atoms with van der Waals surface area (Å²) in [6.45, 7) is -0.0576. The zero-order chi connectivity index (χ0) is 16.7. The van der Waals surface area contributed by atoms with Crippen LogP contribution in [0.25, 0.3) is 0 Å². The minimum absolute atomic E-state index is 0.100. The molecule has 7 heteroatoms. The van der Waals surface area contributed by atoms with Crippen molar-refractivity contribution in [2.75, 3.05) is 18.5 Å². The summed E-state index contributed by atoms with van der Waals surface area (Å²) in [5.74, 6) is -2.73. The number of phenols is 3. The number of aliphatic hydroxyl groups is 1. The second-order valence-electron chi connectivity index (χ2n) is 5.04. The van der Waals surface area contributed by atoms with E-state index in [9.17, 15) is 24.9 Å². The number of aliphatic hydroxyl groups excluding tert-OH is 1. The van der Waals surface area contributed by atoms with Gasteiger partial charge in [0.1, 0.15) is 17.2 Å². The van der Waals surface area contributed by atoms with Crippen LogP contribution < -0.4 is 5.32 Å². The van der Waals surface area contributed by atoms with Crippen molar-refractivity contribution in [2.24, 2.45) is 0 Å². The maximum atomic E-state index is 12.7. The second kappa shape index (κ2) is 5.29. The molecule has 2 aromatic rings. The molecule has 118 valence electrons. The summed E-state index contributed by atoms with van der Waals surface area (Å²) in [6, 6.07) is 4.87. The fraction of sp³-hybridized carbons (Fsp3) is 0.125. The molecule has 0 radical (unpaired) electrons. The Bertz CT molecular complexity index is 843. The summed E-state index contributed by atoms with van der Waals surface area (Å²) in [5, 5.41) is 41.5. The maximum absolute atomic E-state index is 12.7. The predicted molar refractivity (Wildman–Crippen MR) is 80.3 cm³/mol. The van der Waals surface area contributed by atoms with Crippen molar-refractivity contribution in [3.05, 3.63) is 46.5 Å². The molecule has 0 heterocycles. The first kappa shape index (κ1) is 14.9. The van der Waals surface area contributed by atoms with Crippen molar-refractivity contribution in [1.29, 1.82) is 0 Å². The van der Waals surface area contributed by atoms with Crippen LogP contribution >= 0.6 is 0 Å². The molecular formula is C16H13NO6. The van der Waals surface area contributed by atoms with E-state index in [4.69, 9.17) is 5.11 Å². The van der Waals surface area contributed by atoms with Crippen LogP contribution in [-0.4, -0.2) is 45.1 Å². The molecule has 0 atom stereocenters. The normalized spacial score (nSPS) is 12.7. The number of rotatable bonds is 3. The number of hydrogen-bond acceptors (Lipinski definition) is 7. The number of carbonyl (C=O) groups excluding carboxylic acids is 2. The lowest BCUT2D eigenvalue weighted by molar-refractivity contribution is 0.0972. The molecule has 3 rings (SSSR count). The lowest BCUT2D eigenvalue weighted by Gasteiger charge is -2.22. The van der Waals surface area contributed by atoms with E-state index in [1.807, 2.05) is 0 Å². The van der Waals surface area contributed by atoms with E-state index in [0.717, 1.165) is 12.1 Å². The zero-order valence-corrected chi connectivity index (χ0v) is 11.8. The van der Waals surface area contributed by atoms with Gasteiger partial charge in [-0.2, -0.15) is 0 Å². The molecule has 0 saturated heterocycles. The third kappa shape index (κ3) is 2.09. The number of nitrogens with one attached hydrogen (secondary N) is 1. The van der Waals surface area contributed by atoms with E-state index in [-0.39, 0.29) is 41.1 Å². The fourth-order valence-corrected chi connectivity index (χ4v) is 2.69. The van der Waals surface area contributed by atoms with Crippen LogP contribution in [0.2, 0.25) is 0 Å². The molecule has 0 amide bonds. The van der Waals surface area contributed by atoms with Gasteiger partial charge in [-0.25, -0.2) is 0 Å². The third-order valence-electron chi connectivity index (χ3n) is 3.68. The van der Waals surface area contributed by atoms with E-state index < -0.39 is 28.8 Å². The summed E-state index contributed by atoms with van der Waals surface area (Å²) in [5.41, 5.74) is -0.737. The van der Waals surface area contributed by atoms with Gasteiger partial charge in [0, 0.05) is 12.2 Å². The topological polar surface area (TPSA) is 127 Å². The third-order valence-corrected chi connectivity index (χ3v) is 3.68. The van der Waals surface area contributed by atoms with E-state index in [2.05, 4.69) is 5.32 Å². The first-order chi connectivity index (χ1) is 11.0. The van der Waals surface area contributed by atoms with Crippen LogP contribution in [0.5, 0.6) is 17.2 Å². The molecule has 7 nitrogen and oxygen atoms in total. The fourth-order valence-electron chi connectivity index (χ4n) is 2.69. The first-order valence-electron chi connectivity index (χ1n) is 6.82. The average Bonchev–Trinajstić information content (AvgIpc) is 2.53. The van der Waals surface area contributed by atoms with Crippen molar-refractivity contribution < 1.29 is 30.0 Å². The molecule has 0 saturated carbocycles. The zero-order valence-electron chi connectivity index (χ0n) is 11.8. The Hall–Kier alpha value is -3.06. The Morgan fingerprint density at radius 2 is 1.17 bits per heavy atom. The first-order valence-corrected chi connectivity index (χ1v) is 6.82. The Labute approximate surface area is 130 Å². The number of carbonyl (C=O) groups is 2. The Morgan fingerprint density at radius 3 is 1.70 bits per heavy atom. The van der Waals surface area contributed by atoms with Crippen LogP contribution in [0.1, 0.15) is 31.8 Å². The van der Waals surface area contributed by atoms with Gasteiger partial charge in [0.15, 0.2) is 0 Å². The number of aromatic hydroxyl groups is 3. The summed E-state index contributed by atoms with van der Waals surface area (Å²) in [4.78, 5) is 25.3. The molecule has 0 fully saturated rings. The van der Waals surface area contributed by atoms with Gasteiger partial charge < -0.3 is 25.7 Å². The quantitative estimate of drug-likeness (QED) is 0.456. The van der Waals surface area contributed by atoms with Gasteiger partial charge in [-0.05, 0) is 24.3 Å². The van der Waals surface area contributed by atoms with Crippen molar-refractivity contribution in [3.8, 4) is 17.2 Å². The molecule has 1 aliphatic rings. The number of benzene rings is 2. The second-order valence-corrected chi connectivity index (χ2v) is 5.04. The minimum atomic E-state index is -0.756. The lowest BCUT2D eigenvalue weighted by Crippen LogP contribution is -2.23. The predicted octanol–water partition coefficient (Wildman–Crippen LogP) is 0.983. The molecule has 1 aliphatic carbocycles. The van der Waals surface area contributed by atoms with Crippen LogP contribution in [0, 0.1) is 0 Å². The highest BCUT2D eigenvalue weighted by Crippen LogP contribution is 2.42. The molecule has 5 N–H and O–H groups in total. The van der Waals surface area contributed by atoms with E-state index in [0.29, 0.717) is 0 Å². The summed E-state index contributed by atoms with van der Waals surface area (Å²) >= 11 is 0. The Morgan fingerprint density at radius 1 is 0.739 bits per heavy atom. The number of hydrogen-bond donors (Lipinski definition) is 5. The highest BCUT2D eigenvalue weighted by Gasteiger charge is 2.37. The van der Waals surface area contributed by atoms with Crippen molar-refractivity contribution in [3.63, 3.8) is 0 Å². The largest absolute Gasteiger partial charge is 0.507 e. The SMILES string of the molecule is O=C1c2c(O)ccc(O)c2C(=O)c2c(NCCO)ccc(O)c21. The highest BCUT2D eigenvalue weighted by molar-refractivity contribution is 6.32. The molecule has 23 heavy (non-hydrogen) atoms. The summed E-state index contributed by atoms with van der Waals surface area (Å²) in [7, 11) is 0. The van der Waals surface area contributed by atoms with Gasteiger partial charge in [0.05, 0.1) is 28.9 Å². The van der Waals surface area contributed by atoms with E-state index >= 15 is 0 Å². The molecular weight excluding hydrogens is 302 g/mol. The van der Waals surface area contributed by atoms with Crippen molar-refractivity contribution >= 4 is 17.3 Å². The van der Waals surface area contributed by atoms with Crippen LogP contribution in [-0.2, 0) is 0 Å². The molecule has 0 spiro atoms. The summed E-state index contributed by atoms with van der Waals surface area (Å²) in [6.07, 6.45) is 0. The highest BCUT2D eigenvalue weighted by atomic mass is 16.3. The van der Waals surface area contributed by atoms with Crippen LogP contribution in [0.3, 0.4) is 0 Å². The van der Waals surface area contributed by atoms with Crippen LogP contribution in [0.4, 0.5) is 5.69 Å². The van der Waals surface area contributed by atoms with Gasteiger partial charge >= 0.3 is 0 Å². The van der Waals surface area contributed by atoms with Crippen molar-refractivity contribution in [2.45, 2.75) is 0 Å². The summed E-state index contributed by atoms with van der Waals surface area (Å²) < 4.78 is 0. The van der Waals surface area contributed by atoms with Crippen molar-refractivity contribution in [1.82, 2.24) is 0 Å². The Balaban J connectivity index is 2.31. The number of fused-ring (bicyclic) bond motifs is 2. The standard InChI is InChI=1S/C16H13NO6/c18-6-5-17-7-1-2-8(19)12-11(7)15(22)13-9(20)3-4-10(21)14(13)16(12)23/h1-4,17-21H,5-6H2. The number of anilines is 1. The molecule has 0 aliphatic heterocycles. The minimum Gasteiger partial charge on any atom is -0.507 e. The number of phenolic OH excluding ortho intramolecular Hbond substituents is 3. The van der Waals surface area contributed by atoms with Gasteiger partial charge in [-0.3, -0.25) is 9.59 Å². The van der Waals surface area contributed by atoms with E-state index in [1.165, 1.54) is 12.1 Å². The molecule has 0 bridgehead atoms. The molecule has 0 unspecified atom stereocenters. The van der Waals surface area contributed by atoms with Gasteiger partial charge in [0.2, 0.25) is 11.6 Å². The smallest absolute Gasteiger partial charge is 0.202 e. The lowest BCUT2D eigenvalue weighted by atomic mass is 9.81. The molecule has 2 aromatic carbocycles. The van der Waals surface area contributed by atoms with Gasteiger partial charge in [-0.15, -0.1) is 0 Å². The Kier molecular flexibility index (Phi) is 3.42. The number of ketones is 2.